The highest BCUT2D eigenvalue weighted by atomic mass is 35.5. The van der Waals surface area contributed by atoms with Gasteiger partial charge in [-0.2, -0.15) is 5.10 Å². The molecule has 0 bridgehead atoms. The molecule has 0 unspecified atom stereocenters. The molecule has 160 valence electrons. The predicted octanol–water partition coefficient (Wildman–Crippen LogP) is 2.90. The second kappa shape index (κ2) is 10.0. The first-order chi connectivity index (χ1) is 14.2. The number of hydrogen-bond donors (Lipinski definition) is 1. The minimum atomic E-state index is 0. The molecule has 0 aliphatic carbocycles. The third-order valence-electron chi connectivity index (χ3n) is 5.66. The molecule has 1 fully saturated rings. The average Bonchev–Trinajstić information content (AvgIpc) is 3.13. The van der Waals surface area contributed by atoms with Crippen LogP contribution in [0.1, 0.15) is 23.7 Å². The Morgan fingerprint density at radius 3 is 2.33 bits per heavy atom. The van der Waals surface area contributed by atoms with Gasteiger partial charge in [-0.05, 0) is 19.4 Å². The summed E-state index contributed by atoms with van der Waals surface area (Å²) >= 11 is 0. The molecule has 1 saturated heterocycles. The van der Waals surface area contributed by atoms with E-state index in [1.807, 2.05) is 30.5 Å². The van der Waals surface area contributed by atoms with Crippen molar-refractivity contribution in [1.29, 1.82) is 0 Å². The Morgan fingerprint density at radius 1 is 1.00 bits per heavy atom. The molecule has 2 aromatic heterocycles. The summed E-state index contributed by atoms with van der Waals surface area (Å²) in [6, 6.07) is 7.88. The number of aryl methyl sites for hydroxylation is 1. The molecule has 0 radical (unpaired) electrons. The van der Waals surface area contributed by atoms with Crippen molar-refractivity contribution in [3.63, 3.8) is 0 Å². The van der Waals surface area contributed by atoms with Crippen LogP contribution in [0.25, 0.3) is 11.3 Å². The molecule has 30 heavy (non-hydrogen) atoms. The molecule has 4 rings (SSSR count). The Morgan fingerprint density at radius 2 is 1.70 bits per heavy atom. The first-order valence-electron chi connectivity index (χ1n) is 10.2. The summed E-state index contributed by atoms with van der Waals surface area (Å²) in [5.74, 6) is 0.930. The lowest BCUT2D eigenvalue weighted by Crippen LogP contribution is -2.46. The zero-order valence-electron chi connectivity index (χ0n) is 17.5. The maximum atomic E-state index is 9.27. The monoisotopic (exact) mass is 428 g/mol. The van der Waals surface area contributed by atoms with Crippen molar-refractivity contribution in [3.8, 4) is 11.3 Å². The lowest BCUT2D eigenvalue weighted by molar-refractivity contribution is 0.249. The summed E-state index contributed by atoms with van der Waals surface area (Å²) in [4.78, 5) is 14.0. The minimum Gasteiger partial charge on any atom is -0.392 e. The lowest BCUT2D eigenvalue weighted by Gasteiger charge is -2.35. The zero-order valence-corrected chi connectivity index (χ0v) is 18.3. The van der Waals surface area contributed by atoms with Crippen LogP contribution in [0.5, 0.6) is 0 Å². The van der Waals surface area contributed by atoms with E-state index in [2.05, 4.69) is 43.4 Å². The van der Waals surface area contributed by atoms with Gasteiger partial charge in [0.1, 0.15) is 5.69 Å². The third kappa shape index (κ3) is 4.64. The predicted molar refractivity (Wildman–Crippen MR) is 121 cm³/mol. The fourth-order valence-corrected chi connectivity index (χ4v) is 3.85. The van der Waals surface area contributed by atoms with E-state index in [-0.39, 0.29) is 19.0 Å². The highest BCUT2D eigenvalue weighted by molar-refractivity contribution is 5.85. The van der Waals surface area contributed by atoms with Gasteiger partial charge < -0.3 is 10.0 Å². The van der Waals surface area contributed by atoms with E-state index in [1.165, 1.54) is 11.3 Å². The standard InChI is InChI=1S/C22H28N6O.ClH/c1-3-28-17(2)20(14-25-28)15-26-10-12-27(13-11-26)22-21(23-8-9-24-22)19-6-4-18(16-29)5-7-19;/h4-9,14,29H,3,10-13,15-16H2,1-2H3;1H. The molecular weight excluding hydrogens is 400 g/mol. The Labute approximate surface area is 183 Å². The van der Waals surface area contributed by atoms with Crippen LogP contribution < -0.4 is 4.90 Å². The molecule has 3 heterocycles. The lowest BCUT2D eigenvalue weighted by atomic mass is 10.1. The van der Waals surface area contributed by atoms with Crippen LogP contribution in [0.15, 0.2) is 42.9 Å². The quantitative estimate of drug-likeness (QED) is 0.651. The van der Waals surface area contributed by atoms with Crippen LogP contribution in [0, 0.1) is 6.92 Å². The van der Waals surface area contributed by atoms with Crippen molar-refractivity contribution in [2.24, 2.45) is 0 Å². The number of nitrogens with zero attached hydrogens (tertiary/aromatic N) is 6. The Kier molecular flexibility index (Phi) is 7.42. The van der Waals surface area contributed by atoms with Gasteiger partial charge in [0.05, 0.1) is 12.8 Å². The first-order valence-corrected chi connectivity index (χ1v) is 10.2. The SMILES string of the molecule is CCn1ncc(CN2CCN(c3nccnc3-c3ccc(CO)cc3)CC2)c1C.Cl. The van der Waals surface area contributed by atoms with Gasteiger partial charge in [0, 0.05) is 68.5 Å². The van der Waals surface area contributed by atoms with Gasteiger partial charge in [0.2, 0.25) is 0 Å². The second-order valence-corrected chi connectivity index (χ2v) is 7.42. The molecule has 1 aliphatic heterocycles. The maximum Gasteiger partial charge on any atom is 0.155 e. The van der Waals surface area contributed by atoms with E-state index < -0.39 is 0 Å². The molecule has 1 N–H and O–H groups in total. The minimum absolute atomic E-state index is 0. The number of rotatable bonds is 6. The van der Waals surface area contributed by atoms with Gasteiger partial charge in [-0.3, -0.25) is 14.6 Å². The smallest absolute Gasteiger partial charge is 0.155 e. The van der Waals surface area contributed by atoms with Gasteiger partial charge in [0.15, 0.2) is 5.82 Å². The average molecular weight is 429 g/mol. The van der Waals surface area contributed by atoms with Gasteiger partial charge >= 0.3 is 0 Å². The molecule has 0 atom stereocenters. The fourth-order valence-electron chi connectivity index (χ4n) is 3.85. The maximum absolute atomic E-state index is 9.27. The van der Waals surface area contributed by atoms with Crippen LogP contribution >= 0.6 is 12.4 Å². The Hall–Kier alpha value is -2.48. The van der Waals surface area contributed by atoms with Crippen molar-refractivity contribution in [3.05, 3.63) is 59.7 Å². The molecule has 1 aromatic carbocycles. The van der Waals surface area contributed by atoms with Crippen molar-refractivity contribution >= 4 is 18.2 Å². The summed E-state index contributed by atoms with van der Waals surface area (Å²) in [7, 11) is 0. The van der Waals surface area contributed by atoms with E-state index in [1.54, 1.807) is 12.4 Å². The van der Waals surface area contributed by atoms with E-state index in [4.69, 9.17) is 0 Å². The highest BCUT2D eigenvalue weighted by Crippen LogP contribution is 2.28. The van der Waals surface area contributed by atoms with E-state index in [0.29, 0.717) is 0 Å². The number of aliphatic hydroxyl groups is 1. The molecule has 0 saturated carbocycles. The Bertz CT molecular complexity index is 951. The van der Waals surface area contributed by atoms with Gasteiger partial charge in [-0.1, -0.05) is 24.3 Å². The van der Waals surface area contributed by atoms with Gasteiger partial charge in [0.25, 0.3) is 0 Å². The largest absolute Gasteiger partial charge is 0.392 e. The zero-order chi connectivity index (χ0) is 20.2. The van der Waals surface area contributed by atoms with E-state index >= 15 is 0 Å². The van der Waals surface area contributed by atoms with E-state index in [0.717, 1.165) is 61.9 Å². The second-order valence-electron chi connectivity index (χ2n) is 7.42. The van der Waals surface area contributed by atoms with Crippen molar-refractivity contribution in [1.82, 2.24) is 24.6 Å². The summed E-state index contributed by atoms with van der Waals surface area (Å²) in [5.41, 5.74) is 5.39. The summed E-state index contributed by atoms with van der Waals surface area (Å²) in [6.45, 7) is 9.97. The van der Waals surface area contributed by atoms with Crippen LogP contribution in [-0.4, -0.2) is 55.9 Å². The van der Waals surface area contributed by atoms with Crippen LogP contribution in [-0.2, 0) is 19.7 Å². The van der Waals surface area contributed by atoms with E-state index in [9.17, 15) is 5.11 Å². The Balaban J connectivity index is 0.00000256. The summed E-state index contributed by atoms with van der Waals surface area (Å²) in [5, 5.41) is 13.7. The molecule has 7 nitrogen and oxygen atoms in total. The van der Waals surface area contributed by atoms with Crippen LogP contribution in [0.4, 0.5) is 5.82 Å². The third-order valence-corrected chi connectivity index (χ3v) is 5.66. The topological polar surface area (TPSA) is 70.3 Å². The van der Waals surface area contributed by atoms with Crippen LogP contribution in [0.2, 0.25) is 0 Å². The summed E-state index contributed by atoms with van der Waals surface area (Å²) in [6.07, 6.45) is 5.50. The molecule has 3 aromatic rings. The number of aromatic nitrogens is 4. The molecular formula is C22H29ClN6O. The molecule has 0 spiro atoms. The van der Waals surface area contributed by atoms with Crippen molar-refractivity contribution in [2.45, 2.75) is 33.5 Å². The number of piperazine rings is 1. The molecule has 0 amide bonds. The summed E-state index contributed by atoms with van der Waals surface area (Å²) < 4.78 is 2.06. The number of benzene rings is 1. The number of aliphatic hydroxyl groups excluding tert-OH is 1. The molecule has 1 aliphatic rings. The molecule has 8 heteroatoms. The fraction of sp³-hybridized carbons (Fsp3) is 0.409. The van der Waals surface area contributed by atoms with Crippen molar-refractivity contribution < 1.29 is 5.11 Å². The van der Waals surface area contributed by atoms with Gasteiger partial charge in [-0.15, -0.1) is 12.4 Å². The number of anilines is 1. The number of halogens is 1. The van der Waals surface area contributed by atoms with Crippen LogP contribution in [0.3, 0.4) is 0 Å². The highest BCUT2D eigenvalue weighted by Gasteiger charge is 2.22. The van der Waals surface area contributed by atoms with Crippen molar-refractivity contribution in [2.75, 3.05) is 31.1 Å². The first kappa shape index (κ1) is 22.2. The number of hydrogen-bond acceptors (Lipinski definition) is 6. The van der Waals surface area contributed by atoms with Gasteiger partial charge in [-0.25, -0.2) is 4.98 Å². The normalized spacial score (nSPS) is 14.6.